The maximum atomic E-state index is 12.2. The van der Waals surface area contributed by atoms with Crippen molar-refractivity contribution < 1.29 is 19.8 Å². The van der Waals surface area contributed by atoms with Crippen LogP contribution in [0.4, 0.5) is 0 Å². The van der Waals surface area contributed by atoms with Crippen LogP contribution in [0.1, 0.15) is 117 Å². The monoisotopic (exact) mass is 394 g/mol. The van der Waals surface area contributed by atoms with Crippen LogP contribution >= 0.6 is 0 Å². The number of carboxylic acids is 2. The molecule has 0 radical (unpaired) electrons. The van der Waals surface area contributed by atoms with E-state index in [0.717, 1.165) is 19.3 Å². The second-order valence-electron chi connectivity index (χ2n) is 8.65. The van der Waals surface area contributed by atoms with Gasteiger partial charge in [-0.05, 0) is 25.7 Å². The summed E-state index contributed by atoms with van der Waals surface area (Å²) in [7, 11) is 0. The molecule has 1 aliphatic carbocycles. The summed E-state index contributed by atoms with van der Waals surface area (Å²) in [6.07, 6.45) is 19.9. The Morgan fingerprint density at radius 3 is 1.46 bits per heavy atom. The number of hydrogen-bond donors (Lipinski definition) is 2. The van der Waals surface area contributed by atoms with Crippen LogP contribution in [-0.2, 0) is 9.59 Å². The first-order valence-electron chi connectivity index (χ1n) is 11.6. The molecule has 2 atom stereocenters. The van der Waals surface area contributed by atoms with E-state index in [4.69, 9.17) is 0 Å². The third-order valence-corrected chi connectivity index (χ3v) is 6.89. The summed E-state index contributed by atoms with van der Waals surface area (Å²) >= 11 is 0. The van der Waals surface area contributed by atoms with Gasteiger partial charge in [0.1, 0.15) is 0 Å². The molecule has 28 heavy (non-hydrogen) atoms. The Kier molecular flexibility index (Phi) is 11.5. The van der Waals surface area contributed by atoms with E-state index < -0.39 is 22.8 Å². The highest BCUT2D eigenvalue weighted by atomic mass is 16.4. The molecule has 4 heteroatoms. The minimum Gasteiger partial charge on any atom is -0.481 e. The minimum atomic E-state index is -1.18. The predicted octanol–water partition coefficient (Wildman–Crippen LogP) is 6.98. The number of allylic oxidation sites excluding steroid dienone is 2. The fourth-order valence-electron chi connectivity index (χ4n) is 4.89. The van der Waals surface area contributed by atoms with Gasteiger partial charge in [0.25, 0.3) is 0 Å². The van der Waals surface area contributed by atoms with E-state index in [0.29, 0.717) is 25.7 Å². The zero-order valence-electron chi connectivity index (χ0n) is 18.2. The molecule has 0 heterocycles. The van der Waals surface area contributed by atoms with Gasteiger partial charge in [-0.25, -0.2) is 0 Å². The summed E-state index contributed by atoms with van der Waals surface area (Å²) in [4.78, 5) is 24.2. The molecule has 0 bridgehead atoms. The van der Waals surface area contributed by atoms with E-state index in [1.165, 1.54) is 57.8 Å². The Labute approximate surface area is 171 Å². The quantitative estimate of drug-likeness (QED) is 0.219. The van der Waals surface area contributed by atoms with E-state index >= 15 is 0 Å². The van der Waals surface area contributed by atoms with Crippen molar-refractivity contribution in [1.82, 2.24) is 0 Å². The largest absolute Gasteiger partial charge is 0.481 e. The van der Waals surface area contributed by atoms with Crippen molar-refractivity contribution in [2.45, 2.75) is 117 Å². The first-order valence-corrected chi connectivity index (χ1v) is 11.6. The summed E-state index contributed by atoms with van der Waals surface area (Å²) in [6.45, 7) is 4.06. The number of carboxylic acid groups (broad SMARTS) is 2. The van der Waals surface area contributed by atoms with Gasteiger partial charge in [0.05, 0.1) is 10.8 Å². The average molecular weight is 395 g/mol. The van der Waals surface area contributed by atoms with Crippen LogP contribution in [0.5, 0.6) is 0 Å². The maximum Gasteiger partial charge on any atom is 0.311 e. The van der Waals surface area contributed by atoms with Crippen LogP contribution in [0.2, 0.25) is 0 Å². The van der Waals surface area contributed by atoms with Crippen LogP contribution in [0.3, 0.4) is 0 Å². The van der Waals surface area contributed by atoms with Crippen LogP contribution in [0.15, 0.2) is 12.2 Å². The molecule has 0 spiro atoms. The van der Waals surface area contributed by atoms with Gasteiger partial charge in [-0.1, -0.05) is 103 Å². The highest BCUT2D eigenvalue weighted by Crippen LogP contribution is 2.54. The van der Waals surface area contributed by atoms with Gasteiger partial charge in [0.2, 0.25) is 0 Å². The van der Waals surface area contributed by atoms with E-state index in [1.54, 1.807) is 0 Å². The Morgan fingerprint density at radius 1 is 0.679 bits per heavy atom. The number of aliphatic carboxylic acids is 2. The van der Waals surface area contributed by atoms with E-state index in [9.17, 15) is 19.8 Å². The fourth-order valence-corrected chi connectivity index (χ4v) is 4.89. The maximum absolute atomic E-state index is 12.2. The first-order chi connectivity index (χ1) is 13.5. The predicted molar refractivity (Wildman–Crippen MR) is 114 cm³/mol. The zero-order chi connectivity index (χ0) is 20.9. The molecular formula is C24H42O4. The SMILES string of the molecule is CCCCCCCCCCCCCCC1(C(=O)O)CC=CCC1(CC)C(=O)O. The highest BCUT2D eigenvalue weighted by molar-refractivity contribution is 5.87. The van der Waals surface area contributed by atoms with Gasteiger partial charge in [-0.3, -0.25) is 9.59 Å². The van der Waals surface area contributed by atoms with Gasteiger partial charge < -0.3 is 10.2 Å². The lowest BCUT2D eigenvalue weighted by Gasteiger charge is -2.46. The molecule has 0 saturated carbocycles. The lowest BCUT2D eigenvalue weighted by atomic mass is 9.54. The normalized spacial score (nSPS) is 24.4. The summed E-state index contributed by atoms with van der Waals surface area (Å²) in [5.41, 5.74) is -2.34. The van der Waals surface area contributed by atoms with Crippen LogP contribution < -0.4 is 0 Å². The van der Waals surface area contributed by atoms with Gasteiger partial charge >= 0.3 is 11.9 Å². The standard InChI is InChI=1S/C24H42O4/c1-3-5-6-7-8-9-10-11-12-13-14-15-19-24(22(27)28)20-17-16-18-23(24,4-2)21(25)26/h16-17H,3-15,18-20H2,1-2H3,(H,25,26)(H,27,28). The van der Waals surface area contributed by atoms with Crippen LogP contribution in [-0.4, -0.2) is 22.2 Å². The molecule has 0 aromatic heterocycles. The smallest absolute Gasteiger partial charge is 0.311 e. The summed E-state index contributed by atoms with van der Waals surface area (Å²) in [5, 5.41) is 19.9. The fraction of sp³-hybridized carbons (Fsp3) is 0.833. The van der Waals surface area contributed by atoms with Crippen molar-refractivity contribution in [2.24, 2.45) is 10.8 Å². The molecule has 1 rings (SSSR count). The van der Waals surface area contributed by atoms with Gasteiger partial charge in [-0.2, -0.15) is 0 Å². The molecule has 0 aliphatic heterocycles. The van der Waals surface area contributed by atoms with Crippen molar-refractivity contribution in [1.29, 1.82) is 0 Å². The minimum absolute atomic E-state index is 0.323. The average Bonchev–Trinajstić information content (AvgIpc) is 2.68. The van der Waals surface area contributed by atoms with Crippen molar-refractivity contribution in [3.05, 3.63) is 12.2 Å². The van der Waals surface area contributed by atoms with Crippen molar-refractivity contribution in [3.63, 3.8) is 0 Å². The molecular weight excluding hydrogens is 352 g/mol. The van der Waals surface area contributed by atoms with Gasteiger partial charge in [0.15, 0.2) is 0 Å². The van der Waals surface area contributed by atoms with Crippen LogP contribution in [0, 0.1) is 10.8 Å². The van der Waals surface area contributed by atoms with Gasteiger partial charge in [0, 0.05) is 0 Å². The van der Waals surface area contributed by atoms with Crippen molar-refractivity contribution >= 4 is 11.9 Å². The van der Waals surface area contributed by atoms with Crippen LogP contribution in [0.25, 0.3) is 0 Å². The van der Waals surface area contributed by atoms with E-state index in [1.807, 2.05) is 19.1 Å². The second kappa shape index (κ2) is 13.0. The zero-order valence-corrected chi connectivity index (χ0v) is 18.2. The second-order valence-corrected chi connectivity index (χ2v) is 8.65. The molecule has 2 N–H and O–H groups in total. The Hall–Kier alpha value is -1.32. The van der Waals surface area contributed by atoms with Gasteiger partial charge in [-0.15, -0.1) is 0 Å². The van der Waals surface area contributed by atoms with Crippen molar-refractivity contribution in [3.8, 4) is 0 Å². The molecule has 162 valence electrons. The Morgan fingerprint density at radius 2 is 1.07 bits per heavy atom. The lowest BCUT2D eigenvalue weighted by molar-refractivity contribution is -0.176. The topological polar surface area (TPSA) is 74.6 Å². The number of rotatable bonds is 16. The molecule has 0 amide bonds. The lowest BCUT2D eigenvalue weighted by Crippen LogP contribution is -2.53. The van der Waals surface area contributed by atoms with E-state index in [-0.39, 0.29) is 0 Å². The number of unbranched alkanes of at least 4 members (excludes halogenated alkanes) is 11. The Balaban J connectivity index is 2.36. The highest BCUT2D eigenvalue weighted by Gasteiger charge is 2.59. The Bertz CT molecular complexity index is 499. The molecule has 0 aromatic rings. The molecule has 4 nitrogen and oxygen atoms in total. The number of hydrogen-bond acceptors (Lipinski definition) is 2. The number of carbonyl (C=O) groups is 2. The van der Waals surface area contributed by atoms with Crippen molar-refractivity contribution in [2.75, 3.05) is 0 Å². The first kappa shape index (κ1) is 24.7. The summed E-state index contributed by atoms with van der Waals surface area (Å²) in [6, 6.07) is 0. The molecule has 1 aliphatic rings. The summed E-state index contributed by atoms with van der Waals surface area (Å²) in [5.74, 6) is -1.90. The summed E-state index contributed by atoms with van der Waals surface area (Å²) < 4.78 is 0. The molecule has 0 saturated heterocycles. The third kappa shape index (κ3) is 6.35. The molecule has 2 unspecified atom stereocenters. The molecule has 0 fully saturated rings. The molecule has 0 aromatic carbocycles. The van der Waals surface area contributed by atoms with E-state index in [2.05, 4.69) is 6.92 Å². The third-order valence-electron chi connectivity index (χ3n) is 6.89.